The smallest absolute Gasteiger partial charge is 0.264 e. The van der Waals surface area contributed by atoms with Crippen molar-refractivity contribution < 1.29 is 17.9 Å². The van der Waals surface area contributed by atoms with Crippen molar-refractivity contribution in [3.05, 3.63) is 88.4 Å². The van der Waals surface area contributed by atoms with Crippen molar-refractivity contribution in [1.82, 2.24) is 5.32 Å². The summed E-state index contributed by atoms with van der Waals surface area (Å²) in [5.41, 5.74) is 3.36. The predicted octanol–water partition coefficient (Wildman–Crippen LogP) is 4.66. The number of nitrogens with zero attached hydrogens (tertiary/aromatic N) is 1. The predicted molar refractivity (Wildman–Crippen MR) is 132 cm³/mol. The van der Waals surface area contributed by atoms with Crippen molar-refractivity contribution in [2.24, 2.45) is 0 Å². The maximum atomic E-state index is 13.4. The number of aryl methyl sites for hydroxylation is 3. The molecule has 1 amide bonds. The standard InChI is InChI=1S/C25H27ClN2O4S/c1-18-4-12-24(13-5-18)33(30,31)28(22-9-6-19(2)20(3)16-22)17-25(29)27-14-15-32-23-10-7-21(26)8-11-23/h4-13,16H,14-15,17H2,1-3H3,(H,27,29). The van der Waals surface area contributed by atoms with Gasteiger partial charge in [0.1, 0.15) is 18.9 Å². The highest BCUT2D eigenvalue weighted by Crippen LogP contribution is 2.26. The molecule has 3 rings (SSSR count). The van der Waals surface area contributed by atoms with Crippen LogP contribution in [0, 0.1) is 20.8 Å². The minimum Gasteiger partial charge on any atom is -0.492 e. The minimum absolute atomic E-state index is 0.130. The summed E-state index contributed by atoms with van der Waals surface area (Å²) in [4.78, 5) is 12.8. The van der Waals surface area contributed by atoms with Gasteiger partial charge in [-0.15, -0.1) is 0 Å². The second-order valence-corrected chi connectivity index (χ2v) is 10.0. The van der Waals surface area contributed by atoms with E-state index in [9.17, 15) is 13.2 Å². The van der Waals surface area contributed by atoms with Gasteiger partial charge in [-0.05, 0) is 80.4 Å². The number of carbonyl (C=O) groups is 1. The Bertz CT molecular complexity index is 1210. The third kappa shape index (κ3) is 6.49. The summed E-state index contributed by atoms with van der Waals surface area (Å²) < 4.78 is 33.6. The lowest BCUT2D eigenvalue weighted by atomic mass is 10.1. The van der Waals surface area contributed by atoms with Crippen molar-refractivity contribution in [3.63, 3.8) is 0 Å². The second-order valence-electron chi connectivity index (χ2n) is 7.75. The highest BCUT2D eigenvalue weighted by molar-refractivity contribution is 7.92. The van der Waals surface area contributed by atoms with E-state index < -0.39 is 15.9 Å². The van der Waals surface area contributed by atoms with Crippen LogP contribution in [-0.2, 0) is 14.8 Å². The van der Waals surface area contributed by atoms with E-state index in [1.807, 2.05) is 26.8 Å². The van der Waals surface area contributed by atoms with E-state index in [0.29, 0.717) is 16.5 Å². The molecule has 0 aromatic heterocycles. The van der Waals surface area contributed by atoms with E-state index in [2.05, 4.69) is 5.32 Å². The van der Waals surface area contributed by atoms with Gasteiger partial charge in [0.15, 0.2) is 0 Å². The molecule has 0 saturated heterocycles. The summed E-state index contributed by atoms with van der Waals surface area (Å²) in [5, 5.41) is 3.34. The topological polar surface area (TPSA) is 75.7 Å². The molecule has 174 valence electrons. The second kappa shape index (κ2) is 10.7. The van der Waals surface area contributed by atoms with Crippen molar-refractivity contribution in [1.29, 1.82) is 0 Å². The van der Waals surface area contributed by atoms with Crippen molar-refractivity contribution >= 4 is 33.2 Å². The summed E-state index contributed by atoms with van der Waals surface area (Å²) in [6.45, 7) is 5.86. The molecular weight excluding hydrogens is 460 g/mol. The van der Waals surface area contributed by atoms with Crippen LogP contribution in [0.3, 0.4) is 0 Å². The quantitative estimate of drug-likeness (QED) is 0.446. The Balaban J connectivity index is 1.73. The normalized spacial score (nSPS) is 11.2. The van der Waals surface area contributed by atoms with E-state index >= 15 is 0 Å². The van der Waals surface area contributed by atoms with Crippen molar-refractivity contribution in [2.45, 2.75) is 25.7 Å². The molecule has 3 aromatic carbocycles. The molecule has 6 nitrogen and oxygen atoms in total. The number of hydrogen-bond acceptors (Lipinski definition) is 4. The number of rotatable bonds is 9. The monoisotopic (exact) mass is 486 g/mol. The molecule has 8 heteroatoms. The Kier molecular flexibility index (Phi) is 8.00. The molecule has 3 aromatic rings. The number of ether oxygens (including phenoxy) is 1. The van der Waals surface area contributed by atoms with Crippen LogP contribution in [0.2, 0.25) is 5.02 Å². The average molecular weight is 487 g/mol. The Morgan fingerprint density at radius 3 is 2.24 bits per heavy atom. The van der Waals surface area contributed by atoms with Crippen molar-refractivity contribution in [3.8, 4) is 5.75 Å². The zero-order chi connectivity index (χ0) is 24.0. The van der Waals surface area contributed by atoms with Crippen LogP contribution >= 0.6 is 11.6 Å². The van der Waals surface area contributed by atoms with E-state index in [4.69, 9.17) is 16.3 Å². The van der Waals surface area contributed by atoms with Gasteiger partial charge in [-0.25, -0.2) is 8.42 Å². The van der Waals surface area contributed by atoms with E-state index in [1.165, 1.54) is 0 Å². The summed E-state index contributed by atoms with van der Waals surface area (Å²) in [6, 6.07) is 18.8. The molecular formula is C25H27ClN2O4S. The van der Waals surface area contributed by atoms with Crippen LogP contribution in [0.15, 0.2) is 71.6 Å². The molecule has 0 saturated carbocycles. The molecule has 33 heavy (non-hydrogen) atoms. The molecule has 0 fully saturated rings. The third-order valence-corrected chi connectivity index (χ3v) is 7.22. The first kappa shape index (κ1) is 24.6. The van der Waals surface area contributed by atoms with E-state index in [0.717, 1.165) is 21.0 Å². The molecule has 0 aliphatic heterocycles. The average Bonchev–Trinajstić information content (AvgIpc) is 2.78. The fourth-order valence-corrected chi connectivity index (χ4v) is 4.65. The Labute approximate surface area is 200 Å². The fraction of sp³-hybridized carbons (Fsp3) is 0.240. The number of benzene rings is 3. The Morgan fingerprint density at radius 2 is 1.61 bits per heavy atom. The highest BCUT2D eigenvalue weighted by Gasteiger charge is 2.27. The first-order valence-electron chi connectivity index (χ1n) is 10.5. The van der Waals surface area contributed by atoms with Crippen LogP contribution in [0.4, 0.5) is 5.69 Å². The Hall–Kier alpha value is -3.03. The third-order valence-electron chi connectivity index (χ3n) is 5.18. The first-order chi connectivity index (χ1) is 15.7. The SMILES string of the molecule is Cc1ccc(S(=O)(=O)N(CC(=O)NCCOc2ccc(Cl)cc2)c2ccc(C)c(C)c2)cc1. The molecule has 0 unspecified atom stereocenters. The highest BCUT2D eigenvalue weighted by atomic mass is 35.5. The van der Waals surface area contributed by atoms with Crippen LogP contribution in [0.5, 0.6) is 5.75 Å². The number of hydrogen-bond donors (Lipinski definition) is 1. The van der Waals surface area contributed by atoms with Gasteiger partial charge in [0.05, 0.1) is 17.1 Å². The Morgan fingerprint density at radius 1 is 0.939 bits per heavy atom. The van der Waals surface area contributed by atoms with Gasteiger partial charge < -0.3 is 10.1 Å². The summed E-state index contributed by atoms with van der Waals surface area (Å²) >= 11 is 5.85. The van der Waals surface area contributed by atoms with Gasteiger partial charge in [-0.3, -0.25) is 9.10 Å². The first-order valence-corrected chi connectivity index (χ1v) is 12.3. The zero-order valence-corrected chi connectivity index (χ0v) is 20.4. The number of amides is 1. The fourth-order valence-electron chi connectivity index (χ4n) is 3.11. The van der Waals surface area contributed by atoms with Gasteiger partial charge >= 0.3 is 0 Å². The van der Waals surface area contributed by atoms with Crippen LogP contribution < -0.4 is 14.4 Å². The number of nitrogens with one attached hydrogen (secondary N) is 1. The lowest BCUT2D eigenvalue weighted by Gasteiger charge is -2.25. The van der Waals surface area contributed by atoms with Crippen LogP contribution in [-0.4, -0.2) is 34.0 Å². The summed E-state index contributed by atoms with van der Waals surface area (Å²) in [7, 11) is -3.94. The van der Waals surface area contributed by atoms with Crippen molar-refractivity contribution in [2.75, 3.05) is 24.0 Å². The molecule has 1 N–H and O–H groups in total. The number of anilines is 1. The summed E-state index contributed by atoms with van der Waals surface area (Å²) in [6.07, 6.45) is 0. The van der Waals surface area contributed by atoms with Gasteiger partial charge in [0.25, 0.3) is 10.0 Å². The lowest BCUT2D eigenvalue weighted by Crippen LogP contribution is -2.42. The largest absolute Gasteiger partial charge is 0.492 e. The van der Waals surface area contributed by atoms with Gasteiger partial charge in [0, 0.05) is 5.02 Å². The lowest BCUT2D eigenvalue weighted by molar-refractivity contribution is -0.119. The molecule has 0 atom stereocenters. The molecule has 0 bridgehead atoms. The maximum Gasteiger partial charge on any atom is 0.264 e. The zero-order valence-electron chi connectivity index (χ0n) is 18.8. The number of sulfonamides is 1. The van der Waals surface area contributed by atoms with E-state index in [1.54, 1.807) is 60.7 Å². The van der Waals surface area contributed by atoms with Crippen LogP contribution in [0.1, 0.15) is 16.7 Å². The molecule has 0 aliphatic carbocycles. The molecule has 0 heterocycles. The maximum absolute atomic E-state index is 13.4. The van der Waals surface area contributed by atoms with E-state index in [-0.39, 0.29) is 24.6 Å². The number of carbonyl (C=O) groups excluding carboxylic acids is 1. The molecule has 0 radical (unpaired) electrons. The summed E-state index contributed by atoms with van der Waals surface area (Å²) in [5.74, 6) is 0.205. The van der Waals surface area contributed by atoms with Gasteiger partial charge in [-0.1, -0.05) is 35.4 Å². The van der Waals surface area contributed by atoms with Gasteiger partial charge in [0.2, 0.25) is 5.91 Å². The molecule has 0 aliphatic rings. The van der Waals surface area contributed by atoms with Gasteiger partial charge in [-0.2, -0.15) is 0 Å². The minimum atomic E-state index is -3.94. The number of halogens is 1. The van der Waals surface area contributed by atoms with Crippen LogP contribution in [0.25, 0.3) is 0 Å². The molecule has 0 spiro atoms.